The Bertz CT molecular complexity index is 633. The monoisotopic (exact) mass is 342 g/mol. The molecule has 0 radical (unpaired) electrons. The summed E-state index contributed by atoms with van der Waals surface area (Å²) >= 11 is 0. The average molecular weight is 342 g/mol. The highest BCUT2D eigenvalue weighted by Crippen LogP contribution is 2.30. The van der Waals surface area contributed by atoms with Crippen LogP contribution < -0.4 is 14.2 Å². The van der Waals surface area contributed by atoms with Crippen molar-refractivity contribution in [1.82, 2.24) is 9.03 Å². The predicted molar refractivity (Wildman–Crippen MR) is 90.0 cm³/mol. The van der Waals surface area contributed by atoms with E-state index in [2.05, 4.69) is 4.72 Å². The Morgan fingerprint density at radius 2 is 2.00 bits per heavy atom. The molecule has 7 heteroatoms. The molecule has 0 bridgehead atoms. The van der Waals surface area contributed by atoms with Crippen molar-refractivity contribution in [2.45, 2.75) is 45.2 Å². The predicted octanol–water partition coefficient (Wildman–Crippen LogP) is 2.47. The van der Waals surface area contributed by atoms with Gasteiger partial charge in [-0.05, 0) is 44.9 Å². The van der Waals surface area contributed by atoms with E-state index < -0.39 is 16.3 Å². The number of nitrogens with one attached hydrogen (secondary N) is 1. The molecule has 130 valence electrons. The molecule has 0 amide bonds. The molecule has 1 saturated heterocycles. The number of benzene rings is 1. The van der Waals surface area contributed by atoms with Crippen molar-refractivity contribution in [3.05, 3.63) is 23.8 Å². The molecule has 1 N–H and O–H groups in total. The third-order valence-electron chi connectivity index (χ3n) is 4.28. The lowest BCUT2D eigenvalue weighted by Gasteiger charge is -2.33. The summed E-state index contributed by atoms with van der Waals surface area (Å²) in [6.07, 6.45) is 2.88. The first-order valence-electron chi connectivity index (χ1n) is 7.90. The van der Waals surface area contributed by atoms with Crippen molar-refractivity contribution in [2.24, 2.45) is 0 Å². The van der Waals surface area contributed by atoms with Gasteiger partial charge in [-0.25, -0.2) is 0 Å². The SMILES string of the molecule is COc1ccc(OC)c(C(C)NS(=O)(=O)N2CCCCC2C)c1. The van der Waals surface area contributed by atoms with Crippen molar-refractivity contribution in [1.29, 1.82) is 0 Å². The molecule has 1 aliphatic rings. The van der Waals surface area contributed by atoms with Crippen LogP contribution in [0, 0.1) is 0 Å². The summed E-state index contributed by atoms with van der Waals surface area (Å²) in [5, 5.41) is 0. The van der Waals surface area contributed by atoms with Gasteiger partial charge in [0.05, 0.1) is 14.2 Å². The van der Waals surface area contributed by atoms with Crippen molar-refractivity contribution in [2.75, 3.05) is 20.8 Å². The second kappa shape index (κ2) is 7.51. The zero-order chi connectivity index (χ0) is 17.0. The molecule has 2 unspecified atom stereocenters. The molecule has 1 heterocycles. The zero-order valence-electron chi connectivity index (χ0n) is 14.2. The minimum Gasteiger partial charge on any atom is -0.497 e. The first-order valence-corrected chi connectivity index (χ1v) is 9.34. The lowest BCUT2D eigenvalue weighted by atomic mass is 10.1. The van der Waals surface area contributed by atoms with Crippen LogP contribution >= 0.6 is 0 Å². The molecule has 6 nitrogen and oxygen atoms in total. The first-order chi connectivity index (χ1) is 10.9. The number of ether oxygens (including phenoxy) is 2. The smallest absolute Gasteiger partial charge is 0.280 e. The van der Waals surface area contributed by atoms with E-state index in [0.29, 0.717) is 18.0 Å². The largest absolute Gasteiger partial charge is 0.497 e. The van der Waals surface area contributed by atoms with Crippen molar-refractivity contribution in [3.8, 4) is 11.5 Å². The highest BCUT2D eigenvalue weighted by atomic mass is 32.2. The molecule has 2 atom stereocenters. The van der Waals surface area contributed by atoms with Gasteiger partial charge in [-0.2, -0.15) is 17.4 Å². The molecule has 1 aliphatic heterocycles. The topological polar surface area (TPSA) is 67.9 Å². The molecular formula is C16H26N2O4S. The van der Waals surface area contributed by atoms with Crippen molar-refractivity contribution < 1.29 is 17.9 Å². The molecule has 1 aromatic carbocycles. The van der Waals surface area contributed by atoms with Gasteiger partial charge < -0.3 is 9.47 Å². The first kappa shape index (κ1) is 18.0. The quantitative estimate of drug-likeness (QED) is 0.862. The Balaban J connectivity index is 2.22. The van der Waals surface area contributed by atoms with E-state index in [1.165, 1.54) is 0 Å². The van der Waals surface area contributed by atoms with Gasteiger partial charge in [0.2, 0.25) is 0 Å². The second-order valence-electron chi connectivity index (χ2n) is 5.91. The Morgan fingerprint density at radius 1 is 1.26 bits per heavy atom. The van der Waals surface area contributed by atoms with Gasteiger partial charge in [-0.1, -0.05) is 6.42 Å². The van der Waals surface area contributed by atoms with Gasteiger partial charge >= 0.3 is 0 Å². The molecule has 0 aromatic heterocycles. The summed E-state index contributed by atoms with van der Waals surface area (Å²) < 4.78 is 40.2. The van der Waals surface area contributed by atoms with Crippen molar-refractivity contribution in [3.63, 3.8) is 0 Å². The number of methoxy groups -OCH3 is 2. The standard InChI is InChI=1S/C16H26N2O4S/c1-12-7-5-6-10-18(12)23(19,20)17-13(2)15-11-14(21-3)8-9-16(15)22-4/h8-9,11-13,17H,5-7,10H2,1-4H3. The average Bonchev–Trinajstić information content (AvgIpc) is 2.54. The van der Waals surface area contributed by atoms with E-state index in [1.807, 2.05) is 13.8 Å². The minimum atomic E-state index is -3.54. The summed E-state index contributed by atoms with van der Waals surface area (Å²) in [6.45, 7) is 4.33. The fourth-order valence-corrected chi connectivity index (χ4v) is 4.62. The van der Waals surface area contributed by atoms with Crippen molar-refractivity contribution >= 4 is 10.2 Å². The summed E-state index contributed by atoms with van der Waals surface area (Å²) in [5.74, 6) is 1.30. The third-order valence-corrected chi connectivity index (χ3v) is 6.09. The van der Waals surface area contributed by atoms with Crippen LogP contribution in [0.2, 0.25) is 0 Å². The molecule has 23 heavy (non-hydrogen) atoms. The van der Waals surface area contributed by atoms with E-state index in [0.717, 1.165) is 24.8 Å². The molecule has 1 fully saturated rings. The van der Waals surface area contributed by atoms with E-state index in [9.17, 15) is 8.42 Å². The second-order valence-corrected chi connectivity index (χ2v) is 7.56. The fraction of sp³-hybridized carbons (Fsp3) is 0.625. The Kier molecular flexibility index (Phi) is 5.89. The van der Waals surface area contributed by atoms with Gasteiger partial charge in [0.1, 0.15) is 11.5 Å². The minimum absolute atomic E-state index is 0.0284. The molecule has 0 aliphatic carbocycles. The number of piperidine rings is 1. The van der Waals surface area contributed by atoms with Crippen LogP contribution in [0.15, 0.2) is 18.2 Å². The summed E-state index contributed by atoms with van der Waals surface area (Å²) in [4.78, 5) is 0. The molecule has 0 spiro atoms. The van der Waals surface area contributed by atoms with Gasteiger partial charge in [0.25, 0.3) is 10.2 Å². The lowest BCUT2D eigenvalue weighted by molar-refractivity contribution is 0.264. The maximum atomic E-state index is 12.7. The number of rotatable bonds is 6. The summed E-state index contributed by atoms with van der Waals surface area (Å²) in [7, 11) is -0.390. The Hall–Kier alpha value is -1.31. The number of hydrogen-bond acceptors (Lipinski definition) is 4. The van der Waals surface area contributed by atoms with Crippen LogP contribution in [-0.2, 0) is 10.2 Å². The van der Waals surface area contributed by atoms with Gasteiger partial charge in [-0.3, -0.25) is 0 Å². The fourth-order valence-electron chi connectivity index (χ4n) is 2.96. The van der Waals surface area contributed by atoms with E-state index in [-0.39, 0.29) is 6.04 Å². The highest BCUT2D eigenvalue weighted by Gasteiger charge is 2.31. The molecule has 1 aromatic rings. The third kappa shape index (κ3) is 4.16. The lowest BCUT2D eigenvalue weighted by Crippen LogP contribution is -2.48. The Morgan fingerprint density at radius 3 is 2.61 bits per heavy atom. The van der Waals surface area contributed by atoms with Gasteiger partial charge in [0.15, 0.2) is 0 Å². The van der Waals surface area contributed by atoms with E-state index in [4.69, 9.17) is 9.47 Å². The van der Waals surface area contributed by atoms with Crippen LogP contribution in [0.25, 0.3) is 0 Å². The van der Waals surface area contributed by atoms with Crippen LogP contribution in [0.1, 0.15) is 44.7 Å². The Labute approximate surface area is 139 Å². The highest BCUT2D eigenvalue weighted by molar-refractivity contribution is 7.87. The maximum absolute atomic E-state index is 12.7. The molecular weight excluding hydrogens is 316 g/mol. The normalized spacial score (nSPS) is 21.0. The van der Waals surface area contributed by atoms with Gasteiger partial charge in [-0.15, -0.1) is 0 Å². The summed E-state index contributed by atoms with van der Waals surface area (Å²) in [5.41, 5.74) is 0.750. The summed E-state index contributed by atoms with van der Waals surface area (Å²) in [6, 6.07) is 4.98. The zero-order valence-corrected chi connectivity index (χ0v) is 15.0. The van der Waals surface area contributed by atoms with E-state index in [1.54, 1.807) is 36.7 Å². The van der Waals surface area contributed by atoms with Crippen LogP contribution in [0.4, 0.5) is 0 Å². The van der Waals surface area contributed by atoms with Crippen LogP contribution in [0.3, 0.4) is 0 Å². The van der Waals surface area contributed by atoms with Gasteiger partial charge in [0, 0.05) is 24.2 Å². The molecule has 0 saturated carbocycles. The number of nitrogens with zero attached hydrogens (tertiary/aromatic N) is 1. The van der Waals surface area contributed by atoms with Crippen LogP contribution in [0.5, 0.6) is 11.5 Å². The maximum Gasteiger partial charge on any atom is 0.280 e. The van der Waals surface area contributed by atoms with Crippen LogP contribution in [-0.4, -0.2) is 39.5 Å². The molecule has 2 rings (SSSR count). The number of hydrogen-bond donors (Lipinski definition) is 1. The van der Waals surface area contributed by atoms with E-state index >= 15 is 0 Å².